The van der Waals surface area contributed by atoms with Crippen LogP contribution in [-0.4, -0.2) is 49.7 Å². The number of nitrogens with one attached hydrogen (secondary N) is 1. The van der Waals surface area contributed by atoms with Gasteiger partial charge in [-0.2, -0.15) is 0 Å². The number of hydrogen-bond donors (Lipinski definition) is 3. The fourth-order valence-corrected chi connectivity index (χ4v) is 0.599. The summed E-state index contributed by atoms with van der Waals surface area (Å²) in [7, 11) is 1.54. The molecule has 0 aliphatic rings. The molecule has 4 nitrogen and oxygen atoms in total. The van der Waals surface area contributed by atoms with E-state index in [0.717, 1.165) is 0 Å². The molecule has 0 aromatic carbocycles. The van der Waals surface area contributed by atoms with Gasteiger partial charge in [-0.3, -0.25) is 0 Å². The Hall–Kier alpha value is -0.160. The number of aliphatic hydroxyl groups is 2. The molecule has 0 heterocycles. The number of aliphatic hydroxyl groups excluding tert-OH is 2. The minimum Gasteiger partial charge on any atom is -0.395 e. The molecule has 10 heavy (non-hydrogen) atoms. The Morgan fingerprint density at radius 2 is 2.30 bits per heavy atom. The van der Waals surface area contributed by atoms with Crippen LogP contribution in [0.1, 0.15) is 0 Å². The highest BCUT2D eigenvalue weighted by molar-refractivity contribution is 4.56. The van der Waals surface area contributed by atoms with Gasteiger partial charge in [0.15, 0.2) is 0 Å². The van der Waals surface area contributed by atoms with E-state index in [1.54, 1.807) is 0 Å². The molecule has 0 radical (unpaired) electrons. The molecule has 1 atom stereocenters. The average molecular weight is 149 g/mol. The predicted molar refractivity (Wildman–Crippen MR) is 37.8 cm³/mol. The second kappa shape index (κ2) is 6.95. The van der Waals surface area contributed by atoms with Crippen LogP contribution < -0.4 is 5.32 Å². The molecule has 4 heteroatoms. The van der Waals surface area contributed by atoms with Gasteiger partial charge in [-0.25, -0.2) is 0 Å². The van der Waals surface area contributed by atoms with E-state index in [-0.39, 0.29) is 6.61 Å². The Labute approximate surface area is 60.8 Å². The van der Waals surface area contributed by atoms with Crippen LogP contribution in [0.4, 0.5) is 0 Å². The van der Waals surface area contributed by atoms with E-state index in [1.165, 1.54) is 7.11 Å². The van der Waals surface area contributed by atoms with Crippen molar-refractivity contribution in [1.29, 1.82) is 0 Å². The molecule has 0 aliphatic carbocycles. The van der Waals surface area contributed by atoms with Crippen LogP contribution in [0.2, 0.25) is 0 Å². The third kappa shape index (κ3) is 5.97. The first-order valence-electron chi connectivity index (χ1n) is 3.29. The molecule has 0 saturated heterocycles. The van der Waals surface area contributed by atoms with Gasteiger partial charge < -0.3 is 20.3 Å². The van der Waals surface area contributed by atoms with Crippen LogP contribution in [0.5, 0.6) is 0 Å². The fourth-order valence-electron chi connectivity index (χ4n) is 0.599. The van der Waals surface area contributed by atoms with Crippen molar-refractivity contribution in [3.63, 3.8) is 0 Å². The minimum atomic E-state index is -0.475. The van der Waals surface area contributed by atoms with Crippen LogP contribution in [0.3, 0.4) is 0 Å². The maximum atomic E-state index is 9.01. The van der Waals surface area contributed by atoms with Crippen molar-refractivity contribution >= 4 is 0 Å². The van der Waals surface area contributed by atoms with Crippen molar-refractivity contribution in [2.45, 2.75) is 6.10 Å². The average Bonchev–Trinajstić information content (AvgIpc) is 1.89. The first kappa shape index (κ1) is 9.84. The molecule has 0 fully saturated rings. The molecular weight excluding hydrogens is 134 g/mol. The molecule has 62 valence electrons. The highest BCUT2D eigenvalue weighted by Crippen LogP contribution is 1.79. The number of hydrogen-bond acceptors (Lipinski definition) is 4. The number of ether oxygens (including phenoxy) is 1. The van der Waals surface area contributed by atoms with Crippen LogP contribution >= 0.6 is 0 Å². The van der Waals surface area contributed by atoms with E-state index in [0.29, 0.717) is 19.7 Å². The van der Waals surface area contributed by atoms with Crippen molar-refractivity contribution in [3.8, 4) is 0 Å². The third-order valence-electron chi connectivity index (χ3n) is 1.03. The van der Waals surface area contributed by atoms with Gasteiger partial charge in [0, 0.05) is 20.2 Å². The molecule has 0 bridgehead atoms. The summed E-state index contributed by atoms with van der Waals surface area (Å²) in [5, 5.41) is 20.2. The monoisotopic (exact) mass is 149 g/mol. The second-order valence-electron chi connectivity index (χ2n) is 2.04. The molecule has 0 aromatic heterocycles. The molecule has 0 rings (SSSR count). The summed E-state index contributed by atoms with van der Waals surface area (Å²) in [6.45, 7) is 1.41. The van der Waals surface area contributed by atoms with Gasteiger partial charge in [-0.05, 0) is 0 Å². The molecule has 0 aliphatic heterocycles. The van der Waals surface area contributed by atoms with Gasteiger partial charge in [-0.15, -0.1) is 0 Å². The van der Waals surface area contributed by atoms with E-state index >= 15 is 0 Å². The highest BCUT2D eigenvalue weighted by atomic mass is 16.5. The SMILES string of the molecule is COC[C@@H](O)CNCCO. The Bertz CT molecular complexity index is 70.0. The van der Waals surface area contributed by atoms with Crippen molar-refractivity contribution in [3.05, 3.63) is 0 Å². The number of methoxy groups -OCH3 is 1. The lowest BCUT2D eigenvalue weighted by Gasteiger charge is -2.08. The van der Waals surface area contributed by atoms with Crippen LogP contribution in [0, 0.1) is 0 Å². The third-order valence-corrected chi connectivity index (χ3v) is 1.03. The zero-order chi connectivity index (χ0) is 7.82. The maximum Gasteiger partial charge on any atom is 0.0897 e. The summed E-state index contributed by atoms with van der Waals surface area (Å²) in [6, 6.07) is 0. The van der Waals surface area contributed by atoms with Crippen molar-refractivity contribution in [2.24, 2.45) is 0 Å². The largest absolute Gasteiger partial charge is 0.395 e. The van der Waals surface area contributed by atoms with E-state index < -0.39 is 6.10 Å². The van der Waals surface area contributed by atoms with Crippen LogP contribution in [0.15, 0.2) is 0 Å². The lowest BCUT2D eigenvalue weighted by atomic mass is 10.4. The van der Waals surface area contributed by atoms with Crippen LogP contribution in [-0.2, 0) is 4.74 Å². The smallest absolute Gasteiger partial charge is 0.0897 e. The zero-order valence-corrected chi connectivity index (χ0v) is 6.21. The van der Waals surface area contributed by atoms with Crippen molar-refractivity contribution in [2.75, 3.05) is 33.4 Å². The van der Waals surface area contributed by atoms with Gasteiger partial charge in [0.1, 0.15) is 0 Å². The topological polar surface area (TPSA) is 61.7 Å². The summed E-state index contributed by atoms with van der Waals surface area (Å²) in [6.07, 6.45) is -0.475. The molecule has 0 unspecified atom stereocenters. The Morgan fingerprint density at radius 3 is 2.80 bits per heavy atom. The summed E-state index contributed by atoms with van der Waals surface area (Å²) >= 11 is 0. The lowest BCUT2D eigenvalue weighted by molar-refractivity contribution is 0.0639. The summed E-state index contributed by atoms with van der Waals surface area (Å²) in [4.78, 5) is 0. The first-order valence-corrected chi connectivity index (χ1v) is 3.29. The zero-order valence-electron chi connectivity index (χ0n) is 6.21. The molecule has 0 saturated carbocycles. The standard InChI is InChI=1S/C6H15NO3/c1-10-5-6(9)4-7-2-3-8/h6-9H,2-5H2,1H3/t6-/m0/s1. The summed E-state index contributed by atoms with van der Waals surface area (Å²) < 4.78 is 4.68. The van der Waals surface area contributed by atoms with E-state index in [2.05, 4.69) is 10.1 Å². The van der Waals surface area contributed by atoms with Crippen molar-refractivity contribution in [1.82, 2.24) is 5.32 Å². The van der Waals surface area contributed by atoms with Gasteiger partial charge in [0.05, 0.1) is 19.3 Å². The molecule has 3 N–H and O–H groups in total. The van der Waals surface area contributed by atoms with Crippen LogP contribution in [0.25, 0.3) is 0 Å². The van der Waals surface area contributed by atoms with Gasteiger partial charge >= 0.3 is 0 Å². The van der Waals surface area contributed by atoms with Gasteiger partial charge in [0.25, 0.3) is 0 Å². The Balaban J connectivity index is 2.97. The Morgan fingerprint density at radius 1 is 1.60 bits per heavy atom. The molecular formula is C6H15NO3. The van der Waals surface area contributed by atoms with E-state index in [4.69, 9.17) is 10.2 Å². The van der Waals surface area contributed by atoms with Crippen molar-refractivity contribution < 1.29 is 14.9 Å². The van der Waals surface area contributed by atoms with E-state index in [9.17, 15) is 0 Å². The number of rotatable bonds is 6. The molecule has 0 spiro atoms. The first-order chi connectivity index (χ1) is 4.81. The minimum absolute atomic E-state index is 0.0969. The molecule has 0 amide bonds. The normalized spacial score (nSPS) is 13.5. The predicted octanol–water partition coefficient (Wildman–Crippen LogP) is -1.42. The quantitative estimate of drug-likeness (QED) is 0.405. The second-order valence-corrected chi connectivity index (χ2v) is 2.04. The Kier molecular flexibility index (Phi) is 6.84. The maximum absolute atomic E-state index is 9.01. The van der Waals surface area contributed by atoms with Gasteiger partial charge in [0.2, 0.25) is 0 Å². The van der Waals surface area contributed by atoms with E-state index in [1.807, 2.05) is 0 Å². The highest BCUT2D eigenvalue weighted by Gasteiger charge is 2.00. The fraction of sp³-hybridized carbons (Fsp3) is 1.00. The lowest BCUT2D eigenvalue weighted by Crippen LogP contribution is -2.31. The summed E-state index contributed by atoms with van der Waals surface area (Å²) in [5.41, 5.74) is 0. The molecule has 0 aromatic rings. The van der Waals surface area contributed by atoms with Gasteiger partial charge in [-0.1, -0.05) is 0 Å². The summed E-state index contributed by atoms with van der Waals surface area (Å²) in [5.74, 6) is 0.